The van der Waals surface area contributed by atoms with Gasteiger partial charge in [-0.25, -0.2) is 9.78 Å². The number of hydrogen-bond donors (Lipinski definition) is 2. The Bertz CT molecular complexity index is 996. The molecule has 0 fully saturated rings. The molecule has 0 saturated heterocycles. The minimum absolute atomic E-state index is 0.0598. The fourth-order valence-corrected chi connectivity index (χ4v) is 3.61. The van der Waals surface area contributed by atoms with Crippen molar-refractivity contribution >= 4 is 22.4 Å². The first-order valence-electron chi connectivity index (χ1n) is 9.18. The van der Waals surface area contributed by atoms with E-state index in [1.807, 2.05) is 23.6 Å². The van der Waals surface area contributed by atoms with Gasteiger partial charge in [0.15, 0.2) is 5.13 Å². The van der Waals surface area contributed by atoms with E-state index >= 15 is 0 Å². The third-order valence-corrected chi connectivity index (χ3v) is 5.12. The van der Waals surface area contributed by atoms with Crippen molar-refractivity contribution in [3.05, 3.63) is 80.3 Å². The maximum atomic E-state index is 12.4. The maximum Gasteiger partial charge on any atom is 0.349 e. The molecule has 3 N–H and O–H groups in total. The summed E-state index contributed by atoms with van der Waals surface area (Å²) in [6.07, 6.45) is 2.99. The monoisotopic (exact) mass is 397 g/mol. The number of nitrogens with two attached hydrogens (primary N) is 1. The second kappa shape index (κ2) is 9.32. The van der Waals surface area contributed by atoms with Gasteiger partial charge in [-0.05, 0) is 37.0 Å². The molecule has 0 saturated carbocycles. The van der Waals surface area contributed by atoms with Gasteiger partial charge in [-0.2, -0.15) is 0 Å². The van der Waals surface area contributed by atoms with Gasteiger partial charge in [0.2, 0.25) is 0 Å². The average molecular weight is 398 g/mol. The number of anilines is 1. The molecule has 6 nitrogen and oxygen atoms in total. The Morgan fingerprint density at radius 1 is 1.21 bits per heavy atom. The van der Waals surface area contributed by atoms with Crippen LogP contribution in [0.3, 0.4) is 0 Å². The molecule has 2 aromatic heterocycles. The van der Waals surface area contributed by atoms with Crippen molar-refractivity contribution in [2.75, 3.05) is 12.3 Å². The van der Waals surface area contributed by atoms with Gasteiger partial charge in [-0.3, -0.25) is 4.79 Å². The summed E-state index contributed by atoms with van der Waals surface area (Å²) in [6, 6.07) is 11.9. The number of hydrogen-bond acceptors (Lipinski definition) is 6. The molecular weight excluding hydrogens is 374 g/mol. The summed E-state index contributed by atoms with van der Waals surface area (Å²) in [6.45, 7) is 2.13. The molecule has 3 rings (SSSR count). The lowest BCUT2D eigenvalue weighted by Gasteiger charge is -2.08. The van der Waals surface area contributed by atoms with Crippen LogP contribution in [-0.4, -0.2) is 17.4 Å². The van der Waals surface area contributed by atoms with Gasteiger partial charge < -0.3 is 15.5 Å². The Morgan fingerprint density at radius 3 is 2.68 bits per heavy atom. The number of aryl methyl sites for hydroxylation is 3. The highest BCUT2D eigenvalue weighted by molar-refractivity contribution is 7.13. The number of amides is 1. The van der Waals surface area contributed by atoms with Crippen LogP contribution in [0.1, 0.15) is 39.4 Å². The van der Waals surface area contributed by atoms with E-state index in [1.54, 1.807) is 13.0 Å². The van der Waals surface area contributed by atoms with E-state index in [0.29, 0.717) is 35.8 Å². The van der Waals surface area contributed by atoms with Crippen LogP contribution in [-0.2, 0) is 19.3 Å². The Morgan fingerprint density at radius 2 is 2.00 bits per heavy atom. The quantitative estimate of drug-likeness (QED) is 0.608. The van der Waals surface area contributed by atoms with Crippen molar-refractivity contribution in [2.24, 2.45) is 0 Å². The van der Waals surface area contributed by atoms with Crippen LogP contribution in [0.4, 0.5) is 5.13 Å². The Balaban J connectivity index is 1.56. The highest BCUT2D eigenvalue weighted by Gasteiger charge is 2.16. The van der Waals surface area contributed by atoms with Crippen molar-refractivity contribution < 1.29 is 9.21 Å². The normalized spacial score (nSPS) is 10.8. The van der Waals surface area contributed by atoms with Gasteiger partial charge in [0, 0.05) is 24.8 Å². The Labute approximate surface area is 167 Å². The first kappa shape index (κ1) is 19.8. The van der Waals surface area contributed by atoms with Crippen molar-refractivity contribution in [1.29, 1.82) is 0 Å². The van der Waals surface area contributed by atoms with Crippen LogP contribution >= 0.6 is 11.3 Å². The molecule has 3 aromatic rings. The summed E-state index contributed by atoms with van der Waals surface area (Å²) >= 11 is 1.36. The second-order valence-electron chi connectivity index (χ2n) is 6.58. The van der Waals surface area contributed by atoms with Gasteiger partial charge >= 0.3 is 5.63 Å². The lowest BCUT2D eigenvalue weighted by molar-refractivity contribution is 0.0949. The number of thiazole rings is 1. The van der Waals surface area contributed by atoms with E-state index in [1.165, 1.54) is 16.9 Å². The fourth-order valence-electron chi connectivity index (χ4n) is 3.01. The molecule has 0 aliphatic carbocycles. The van der Waals surface area contributed by atoms with Gasteiger partial charge in [-0.15, -0.1) is 11.3 Å². The van der Waals surface area contributed by atoms with Crippen LogP contribution in [0.15, 0.2) is 51.0 Å². The zero-order valence-electron chi connectivity index (χ0n) is 15.7. The number of nitrogens with one attached hydrogen (secondary N) is 1. The molecule has 0 spiro atoms. The van der Waals surface area contributed by atoms with E-state index in [0.717, 1.165) is 18.5 Å². The molecule has 0 radical (unpaired) electrons. The molecule has 0 unspecified atom stereocenters. The zero-order chi connectivity index (χ0) is 19.9. The molecule has 1 amide bonds. The van der Waals surface area contributed by atoms with Crippen LogP contribution in [0.25, 0.3) is 0 Å². The summed E-state index contributed by atoms with van der Waals surface area (Å²) in [5, 5.41) is 5.10. The van der Waals surface area contributed by atoms with Gasteiger partial charge in [0.25, 0.3) is 5.91 Å². The number of carbonyl (C=O) groups excluding carboxylic acids is 1. The van der Waals surface area contributed by atoms with Gasteiger partial charge in [0.1, 0.15) is 11.3 Å². The highest BCUT2D eigenvalue weighted by atomic mass is 32.1. The maximum absolute atomic E-state index is 12.4. The van der Waals surface area contributed by atoms with Crippen molar-refractivity contribution in [2.45, 2.75) is 32.6 Å². The molecule has 0 atom stereocenters. The van der Waals surface area contributed by atoms with E-state index in [2.05, 4.69) is 22.4 Å². The Kier molecular flexibility index (Phi) is 6.60. The van der Waals surface area contributed by atoms with E-state index < -0.39 is 11.5 Å². The summed E-state index contributed by atoms with van der Waals surface area (Å²) in [5.74, 6) is 0.179. The topological polar surface area (TPSA) is 98.2 Å². The zero-order valence-corrected chi connectivity index (χ0v) is 16.6. The third-order valence-electron chi connectivity index (χ3n) is 4.39. The fraction of sp³-hybridized carbons (Fsp3) is 0.286. The number of aromatic nitrogens is 1. The van der Waals surface area contributed by atoms with E-state index in [4.69, 9.17) is 10.2 Å². The van der Waals surface area contributed by atoms with Crippen molar-refractivity contribution in [3.63, 3.8) is 0 Å². The predicted molar refractivity (Wildman–Crippen MR) is 111 cm³/mol. The van der Waals surface area contributed by atoms with Crippen LogP contribution < -0.4 is 16.7 Å². The summed E-state index contributed by atoms with van der Waals surface area (Å²) < 4.78 is 5.37. The SMILES string of the molecule is Cc1cc(CCCc2ccccc2)oc(=O)c1C(=O)NCCc1csc(N)n1. The standard InChI is InChI=1S/C21H23N3O3S/c1-14-12-17(9-5-8-15-6-3-2-4-7-15)27-20(26)18(14)19(25)23-11-10-16-13-28-21(22)24-16/h2-4,6-7,12-13H,5,8-11H2,1H3,(H2,22,24)(H,23,25). The van der Waals surface area contributed by atoms with Crippen LogP contribution in [0.2, 0.25) is 0 Å². The summed E-state index contributed by atoms with van der Waals surface area (Å²) in [4.78, 5) is 28.8. The molecule has 0 bridgehead atoms. The molecule has 0 aliphatic rings. The summed E-state index contributed by atoms with van der Waals surface area (Å²) in [5.41, 5.74) is 7.75. The molecule has 28 heavy (non-hydrogen) atoms. The number of rotatable bonds is 8. The molecule has 2 heterocycles. The van der Waals surface area contributed by atoms with Crippen molar-refractivity contribution in [3.8, 4) is 0 Å². The van der Waals surface area contributed by atoms with Gasteiger partial charge in [0.05, 0.1) is 5.69 Å². The molecule has 0 aliphatic heterocycles. The van der Waals surface area contributed by atoms with Gasteiger partial charge in [-0.1, -0.05) is 30.3 Å². The molecule has 1 aromatic carbocycles. The molecule has 146 valence electrons. The minimum Gasteiger partial charge on any atom is -0.427 e. The lowest BCUT2D eigenvalue weighted by atomic mass is 10.1. The molecular formula is C21H23N3O3S. The average Bonchev–Trinajstić information content (AvgIpc) is 3.07. The predicted octanol–water partition coefficient (Wildman–Crippen LogP) is 3.13. The van der Waals surface area contributed by atoms with Crippen LogP contribution in [0, 0.1) is 6.92 Å². The summed E-state index contributed by atoms with van der Waals surface area (Å²) in [7, 11) is 0. The lowest BCUT2D eigenvalue weighted by Crippen LogP contribution is -2.31. The van der Waals surface area contributed by atoms with E-state index in [-0.39, 0.29) is 5.56 Å². The van der Waals surface area contributed by atoms with Crippen LogP contribution in [0.5, 0.6) is 0 Å². The largest absolute Gasteiger partial charge is 0.427 e. The highest BCUT2D eigenvalue weighted by Crippen LogP contribution is 2.12. The molecule has 7 heteroatoms. The smallest absolute Gasteiger partial charge is 0.349 e. The second-order valence-corrected chi connectivity index (χ2v) is 7.47. The first-order chi connectivity index (χ1) is 13.5. The minimum atomic E-state index is -0.592. The first-order valence-corrected chi connectivity index (χ1v) is 10.1. The number of nitrogens with zero attached hydrogens (tertiary/aromatic N) is 1. The van der Waals surface area contributed by atoms with Crippen molar-refractivity contribution in [1.82, 2.24) is 10.3 Å². The number of nitrogen functional groups attached to an aromatic ring is 1. The Hall–Kier alpha value is -2.93. The third kappa shape index (κ3) is 5.29. The number of benzene rings is 1. The van der Waals surface area contributed by atoms with E-state index in [9.17, 15) is 9.59 Å². The number of carbonyl (C=O) groups is 1.